The minimum Gasteiger partial charge on any atom is -0.381 e. The zero-order chi connectivity index (χ0) is 10.8. The summed E-state index contributed by atoms with van der Waals surface area (Å²) in [6, 6.07) is 2.00. The second-order valence-corrected chi connectivity index (χ2v) is 5.27. The minimum atomic E-state index is -4.15. The van der Waals surface area contributed by atoms with Crippen LogP contribution in [0.5, 0.6) is 0 Å². The second-order valence-electron chi connectivity index (χ2n) is 3.54. The van der Waals surface area contributed by atoms with Gasteiger partial charge >= 0.3 is 0 Å². The molecule has 5 nitrogen and oxygen atoms in total. The van der Waals surface area contributed by atoms with E-state index in [1.165, 1.54) is 6.92 Å². The van der Waals surface area contributed by atoms with Gasteiger partial charge in [0.15, 0.2) is 0 Å². The number of rotatable bonds is 2. The number of hydrogen-bond donors (Lipinski definition) is 1. The van der Waals surface area contributed by atoms with Crippen molar-refractivity contribution < 1.29 is 17.7 Å². The fraction of sp³-hybridized carbons (Fsp3) is 0.875. The molecule has 1 unspecified atom stereocenters. The average Bonchev–Trinajstić information content (AvgIpc) is 2.16. The van der Waals surface area contributed by atoms with Crippen molar-refractivity contribution in [1.82, 2.24) is 0 Å². The smallest absolute Gasteiger partial charge is 0.269 e. The van der Waals surface area contributed by atoms with Crippen LogP contribution in [0.25, 0.3) is 0 Å². The van der Waals surface area contributed by atoms with Gasteiger partial charge in [0.2, 0.25) is 0 Å². The van der Waals surface area contributed by atoms with Gasteiger partial charge in [-0.3, -0.25) is 4.55 Å². The Morgan fingerprint density at radius 3 is 2.36 bits per heavy atom. The Morgan fingerprint density at radius 1 is 1.50 bits per heavy atom. The van der Waals surface area contributed by atoms with Gasteiger partial charge in [-0.2, -0.15) is 13.7 Å². The SMILES string of the molecule is CC(C1(C#N)CCOCC1)S(=O)(=O)O. The fourth-order valence-corrected chi connectivity index (χ4v) is 2.49. The maximum Gasteiger partial charge on any atom is 0.269 e. The van der Waals surface area contributed by atoms with Crippen LogP contribution in [0.3, 0.4) is 0 Å². The molecule has 0 aromatic heterocycles. The lowest BCUT2D eigenvalue weighted by Gasteiger charge is -2.33. The van der Waals surface area contributed by atoms with Gasteiger partial charge in [0, 0.05) is 13.2 Å². The standard InChI is InChI=1S/C8H13NO4S/c1-7(14(10,11)12)8(6-9)2-4-13-5-3-8/h7H,2-5H2,1H3,(H,10,11,12). The van der Waals surface area contributed by atoms with Crippen molar-refractivity contribution in [3.63, 3.8) is 0 Å². The highest BCUT2D eigenvalue weighted by Crippen LogP contribution is 2.36. The largest absolute Gasteiger partial charge is 0.381 e. The Kier molecular flexibility index (Phi) is 3.14. The van der Waals surface area contributed by atoms with Crippen LogP contribution < -0.4 is 0 Å². The van der Waals surface area contributed by atoms with E-state index in [2.05, 4.69) is 0 Å². The summed E-state index contributed by atoms with van der Waals surface area (Å²) < 4.78 is 35.9. The topological polar surface area (TPSA) is 87.4 Å². The van der Waals surface area contributed by atoms with Crippen LogP contribution in [0, 0.1) is 16.7 Å². The summed E-state index contributed by atoms with van der Waals surface area (Å²) in [6.45, 7) is 2.10. The third-order valence-electron chi connectivity index (χ3n) is 2.83. The van der Waals surface area contributed by atoms with Gasteiger partial charge in [0.1, 0.15) is 5.25 Å². The Hall–Kier alpha value is -0.640. The third-order valence-corrected chi connectivity index (χ3v) is 4.18. The monoisotopic (exact) mass is 219 g/mol. The van der Waals surface area contributed by atoms with Crippen LogP contribution in [0.2, 0.25) is 0 Å². The Balaban J connectivity index is 2.96. The summed E-state index contributed by atoms with van der Waals surface area (Å²) in [7, 11) is -4.15. The van der Waals surface area contributed by atoms with Crippen LogP contribution in [0.15, 0.2) is 0 Å². The molecular formula is C8H13NO4S. The fourth-order valence-electron chi connectivity index (χ4n) is 1.63. The molecule has 1 atom stereocenters. The Morgan fingerprint density at radius 2 is 2.00 bits per heavy atom. The Bertz CT molecular complexity index is 337. The molecule has 1 rings (SSSR count). The van der Waals surface area contributed by atoms with Crippen molar-refractivity contribution in [3.8, 4) is 6.07 Å². The maximum atomic E-state index is 11.0. The molecule has 1 fully saturated rings. The molecule has 1 saturated heterocycles. The molecule has 0 aromatic carbocycles. The van der Waals surface area contributed by atoms with Gasteiger partial charge in [-0.05, 0) is 19.8 Å². The lowest BCUT2D eigenvalue weighted by atomic mass is 9.79. The van der Waals surface area contributed by atoms with E-state index in [0.29, 0.717) is 26.1 Å². The molecule has 0 aliphatic carbocycles. The molecule has 0 bridgehead atoms. The average molecular weight is 219 g/mol. The van der Waals surface area contributed by atoms with Crippen molar-refractivity contribution in [1.29, 1.82) is 5.26 Å². The third kappa shape index (κ3) is 2.05. The number of ether oxygens (including phenoxy) is 1. The van der Waals surface area contributed by atoms with E-state index in [0.717, 1.165) is 0 Å². The van der Waals surface area contributed by atoms with Gasteiger partial charge in [-0.25, -0.2) is 0 Å². The van der Waals surface area contributed by atoms with Crippen LogP contribution in [-0.4, -0.2) is 31.4 Å². The molecule has 80 valence electrons. The minimum absolute atomic E-state index is 0.352. The first-order chi connectivity index (χ1) is 6.42. The molecule has 1 aliphatic rings. The molecular weight excluding hydrogens is 206 g/mol. The van der Waals surface area contributed by atoms with Crippen LogP contribution in [-0.2, 0) is 14.9 Å². The maximum absolute atomic E-state index is 11.0. The van der Waals surface area contributed by atoms with E-state index in [9.17, 15) is 8.42 Å². The van der Waals surface area contributed by atoms with Crippen molar-refractivity contribution in [3.05, 3.63) is 0 Å². The van der Waals surface area contributed by atoms with Gasteiger partial charge in [0.25, 0.3) is 10.1 Å². The summed E-state index contributed by atoms with van der Waals surface area (Å²) in [5, 5.41) is 7.94. The molecule has 1 N–H and O–H groups in total. The lowest BCUT2D eigenvalue weighted by molar-refractivity contribution is 0.0394. The predicted octanol–water partition coefficient (Wildman–Crippen LogP) is 0.583. The normalized spacial score (nSPS) is 23.8. The van der Waals surface area contributed by atoms with Crippen LogP contribution in [0.4, 0.5) is 0 Å². The van der Waals surface area contributed by atoms with E-state index in [1.807, 2.05) is 6.07 Å². The molecule has 0 amide bonds. The molecule has 0 aromatic rings. The van der Waals surface area contributed by atoms with E-state index < -0.39 is 20.8 Å². The summed E-state index contributed by atoms with van der Waals surface area (Å²) in [5.41, 5.74) is -0.994. The molecule has 6 heteroatoms. The number of nitriles is 1. The highest BCUT2D eigenvalue weighted by molar-refractivity contribution is 7.86. The summed E-state index contributed by atoms with van der Waals surface area (Å²) >= 11 is 0. The van der Waals surface area contributed by atoms with E-state index >= 15 is 0 Å². The van der Waals surface area contributed by atoms with Crippen LogP contribution in [0.1, 0.15) is 19.8 Å². The first kappa shape index (κ1) is 11.4. The molecule has 0 radical (unpaired) electrons. The summed E-state index contributed by atoms with van der Waals surface area (Å²) in [6.07, 6.45) is 0.703. The van der Waals surface area contributed by atoms with Crippen molar-refractivity contribution in [2.45, 2.75) is 25.0 Å². The first-order valence-corrected chi connectivity index (χ1v) is 5.88. The van der Waals surface area contributed by atoms with Gasteiger partial charge in [-0.15, -0.1) is 0 Å². The van der Waals surface area contributed by atoms with Crippen molar-refractivity contribution >= 4 is 10.1 Å². The van der Waals surface area contributed by atoms with Gasteiger partial charge in [0.05, 0.1) is 11.5 Å². The van der Waals surface area contributed by atoms with Gasteiger partial charge in [-0.1, -0.05) is 0 Å². The number of hydrogen-bond acceptors (Lipinski definition) is 4. The zero-order valence-electron chi connectivity index (χ0n) is 7.93. The second kappa shape index (κ2) is 3.85. The molecule has 1 heterocycles. The first-order valence-electron chi connectivity index (χ1n) is 4.38. The zero-order valence-corrected chi connectivity index (χ0v) is 8.75. The molecule has 0 saturated carbocycles. The quantitative estimate of drug-likeness (QED) is 0.686. The summed E-state index contributed by atoms with van der Waals surface area (Å²) in [4.78, 5) is 0. The number of nitrogens with zero attached hydrogens (tertiary/aromatic N) is 1. The highest BCUT2D eigenvalue weighted by Gasteiger charge is 2.44. The Labute approximate surface area is 83.4 Å². The predicted molar refractivity (Wildman–Crippen MR) is 49.1 cm³/mol. The summed E-state index contributed by atoms with van der Waals surface area (Å²) in [5.74, 6) is 0. The van der Waals surface area contributed by atoms with E-state index in [4.69, 9.17) is 14.6 Å². The van der Waals surface area contributed by atoms with E-state index in [-0.39, 0.29) is 0 Å². The lowest BCUT2D eigenvalue weighted by Crippen LogP contribution is -2.41. The molecule has 1 aliphatic heterocycles. The van der Waals surface area contributed by atoms with Crippen molar-refractivity contribution in [2.24, 2.45) is 5.41 Å². The highest BCUT2D eigenvalue weighted by atomic mass is 32.2. The molecule has 0 spiro atoms. The van der Waals surface area contributed by atoms with E-state index in [1.54, 1.807) is 0 Å². The van der Waals surface area contributed by atoms with Crippen molar-refractivity contribution in [2.75, 3.05) is 13.2 Å². The molecule has 14 heavy (non-hydrogen) atoms. The van der Waals surface area contributed by atoms with Crippen LogP contribution >= 0.6 is 0 Å². The van der Waals surface area contributed by atoms with Gasteiger partial charge < -0.3 is 4.74 Å².